The molecular weight excluding hydrogens is 249 g/mol. The molecule has 0 aliphatic rings. The zero-order valence-corrected chi connectivity index (χ0v) is 12.2. The maximum absolute atomic E-state index is 11.3. The van der Waals surface area contributed by atoms with Crippen LogP contribution in [0.5, 0.6) is 0 Å². The fourth-order valence-electron chi connectivity index (χ4n) is 0.895. The number of rotatable bonds is 6. The van der Waals surface area contributed by atoms with E-state index < -0.39 is 0 Å². The van der Waals surface area contributed by atoms with Crippen LogP contribution in [0.4, 0.5) is 0 Å². The van der Waals surface area contributed by atoms with Crippen molar-refractivity contribution < 1.29 is 4.79 Å². The van der Waals surface area contributed by atoms with Crippen LogP contribution in [0.1, 0.15) is 20.8 Å². The van der Waals surface area contributed by atoms with Gasteiger partial charge in [-0.1, -0.05) is 6.92 Å². The lowest BCUT2D eigenvalue weighted by Gasteiger charge is -2.21. The topological polar surface area (TPSA) is 58.4 Å². The van der Waals surface area contributed by atoms with Crippen molar-refractivity contribution in [2.45, 2.75) is 26.8 Å². The molecule has 1 atom stereocenters. The standard InChI is InChI=1S/C10H23N3O.2ClH/c1-8(2)13(4)6-5-12-10(14)9(3)7-11;;/h8-9H,5-7,11H2,1-4H3,(H,12,14);2*1H. The SMILES string of the molecule is CC(CN)C(=O)NCCN(C)C(C)C.Cl.Cl. The molecule has 6 heteroatoms. The number of nitrogens with zero attached hydrogens (tertiary/aromatic N) is 1. The lowest BCUT2D eigenvalue weighted by atomic mass is 10.2. The van der Waals surface area contributed by atoms with Gasteiger partial charge in [0.2, 0.25) is 5.91 Å². The fraction of sp³-hybridized carbons (Fsp3) is 0.900. The van der Waals surface area contributed by atoms with Crippen molar-refractivity contribution in [3.8, 4) is 0 Å². The number of amides is 1. The Morgan fingerprint density at radius 2 is 1.81 bits per heavy atom. The van der Waals surface area contributed by atoms with E-state index in [1.807, 2.05) is 14.0 Å². The molecule has 100 valence electrons. The Bertz CT molecular complexity index is 179. The molecule has 0 aliphatic heterocycles. The Kier molecular flexibility index (Phi) is 15.2. The third-order valence-electron chi connectivity index (χ3n) is 2.45. The molecule has 0 aromatic carbocycles. The van der Waals surface area contributed by atoms with Crippen LogP contribution in [-0.4, -0.2) is 43.5 Å². The minimum Gasteiger partial charge on any atom is -0.355 e. The molecule has 0 aliphatic carbocycles. The summed E-state index contributed by atoms with van der Waals surface area (Å²) in [7, 11) is 2.04. The molecule has 0 bridgehead atoms. The Hall–Kier alpha value is -0.0300. The smallest absolute Gasteiger partial charge is 0.224 e. The van der Waals surface area contributed by atoms with Crippen LogP contribution in [0.2, 0.25) is 0 Å². The van der Waals surface area contributed by atoms with Gasteiger partial charge in [0, 0.05) is 31.6 Å². The van der Waals surface area contributed by atoms with E-state index >= 15 is 0 Å². The van der Waals surface area contributed by atoms with Crippen molar-refractivity contribution in [2.75, 3.05) is 26.7 Å². The third-order valence-corrected chi connectivity index (χ3v) is 2.45. The van der Waals surface area contributed by atoms with Gasteiger partial charge in [0.25, 0.3) is 0 Å². The molecule has 1 unspecified atom stereocenters. The van der Waals surface area contributed by atoms with E-state index in [4.69, 9.17) is 5.73 Å². The highest BCUT2D eigenvalue weighted by atomic mass is 35.5. The number of carbonyl (C=O) groups is 1. The molecule has 0 spiro atoms. The van der Waals surface area contributed by atoms with Crippen LogP contribution in [0, 0.1) is 5.92 Å². The Balaban J connectivity index is -0.000000845. The number of nitrogens with one attached hydrogen (secondary N) is 1. The average molecular weight is 274 g/mol. The highest BCUT2D eigenvalue weighted by Crippen LogP contribution is 1.92. The van der Waals surface area contributed by atoms with E-state index in [1.165, 1.54) is 0 Å². The van der Waals surface area contributed by atoms with E-state index in [0.717, 1.165) is 6.54 Å². The van der Waals surface area contributed by atoms with Gasteiger partial charge in [0.15, 0.2) is 0 Å². The minimum absolute atomic E-state index is 0. The van der Waals surface area contributed by atoms with Gasteiger partial charge in [-0.2, -0.15) is 0 Å². The van der Waals surface area contributed by atoms with Crippen molar-refractivity contribution >= 4 is 30.7 Å². The van der Waals surface area contributed by atoms with E-state index in [2.05, 4.69) is 24.1 Å². The Labute approximate surface area is 111 Å². The molecular formula is C10H25Cl2N3O. The second-order valence-electron chi connectivity index (χ2n) is 4.00. The van der Waals surface area contributed by atoms with Crippen LogP contribution in [-0.2, 0) is 4.79 Å². The summed E-state index contributed by atoms with van der Waals surface area (Å²) in [4.78, 5) is 13.5. The fourth-order valence-corrected chi connectivity index (χ4v) is 0.895. The van der Waals surface area contributed by atoms with Crippen molar-refractivity contribution in [1.82, 2.24) is 10.2 Å². The van der Waals surface area contributed by atoms with Gasteiger partial charge in [-0.15, -0.1) is 24.8 Å². The first-order chi connectivity index (χ1) is 6.49. The van der Waals surface area contributed by atoms with Gasteiger partial charge in [0.1, 0.15) is 0 Å². The van der Waals surface area contributed by atoms with Crippen LogP contribution in [0.3, 0.4) is 0 Å². The number of hydrogen-bond acceptors (Lipinski definition) is 3. The molecule has 16 heavy (non-hydrogen) atoms. The van der Waals surface area contributed by atoms with Crippen LogP contribution in [0.25, 0.3) is 0 Å². The summed E-state index contributed by atoms with van der Waals surface area (Å²) in [6, 6.07) is 0.513. The van der Waals surface area contributed by atoms with Gasteiger partial charge in [-0.25, -0.2) is 0 Å². The zero-order chi connectivity index (χ0) is 11.1. The van der Waals surface area contributed by atoms with Crippen molar-refractivity contribution in [3.63, 3.8) is 0 Å². The number of nitrogens with two attached hydrogens (primary N) is 1. The molecule has 0 saturated heterocycles. The first kappa shape index (κ1) is 21.3. The normalized spacial score (nSPS) is 11.7. The molecule has 0 saturated carbocycles. The summed E-state index contributed by atoms with van der Waals surface area (Å²) >= 11 is 0. The third kappa shape index (κ3) is 9.21. The van der Waals surface area contributed by atoms with Gasteiger partial charge in [-0.05, 0) is 20.9 Å². The van der Waals surface area contributed by atoms with Crippen molar-refractivity contribution in [2.24, 2.45) is 11.7 Å². The van der Waals surface area contributed by atoms with Gasteiger partial charge < -0.3 is 16.0 Å². The second kappa shape index (κ2) is 11.5. The van der Waals surface area contributed by atoms with Gasteiger partial charge in [0.05, 0.1) is 0 Å². The lowest BCUT2D eigenvalue weighted by Crippen LogP contribution is -2.39. The summed E-state index contributed by atoms with van der Waals surface area (Å²) in [6.45, 7) is 8.07. The molecule has 0 radical (unpaired) electrons. The number of likely N-dealkylation sites (N-methyl/N-ethyl adjacent to an activating group) is 1. The molecule has 4 nitrogen and oxygen atoms in total. The minimum atomic E-state index is -0.0839. The highest BCUT2D eigenvalue weighted by molar-refractivity contribution is 5.85. The zero-order valence-electron chi connectivity index (χ0n) is 10.5. The first-order valence-corrected chi connectivity index (χ1v) is 5.17. The van der Waals surface area contributed by atoms with Crippen LogP contribution >= 0.6 is 24.8 Å². The monoisotopic (exact) mass is 273 g/mol. The maximum Gasteiger partial charge on any atom is 0.224 e. The second-order valence-corrected chi connectivity index (χ2v) is 4.00. The van der Waals surface area contributed by atoms with E-state index in [1.54, 1.807) is 0 Å². The molecule has 1 amide bonds. The van der Waals surface area contributed by atoms with Crippen molar-refractivity contribution in [3.05, 3.63) is 0 Å². The average Bonchev–Trinajstić information content (AvgIpc) is 2.15. The largest absolute Gasteiger partial charge is 0.355 e. The molecule has 3 N–H and O–H groups in total. The molecule has 0 aromatic heterocycles. The summed E-state index contributed by atoms with van der Waals surface area (Å²) in [5.41, 5.74) is 5.38. The lowest BCUT2D eigenvalue weighted by molar-refractivity contribution is -0.124. The quantitative estimate of drug-likeness (QED) is 0.756. The highest BCUT2D eigenvalue weighted by Gasteiger charge is 2.10. The predicted molar refractivity (Wildman–Crippen MR) is 73.5 cm³/mol. The Morgan fingerprint density at radius 1 is 1.31 bits per heavy atom. The Morgan fingerprint density at radius 3 is 2.19 bits per heavy atom. The summed E-state index contributed by atoms with van der Waals surface area (Å²) in [5.74, 6) is -0.0380. The van der Waals surface area contributed by atoms with Crippen molar-refractivity contribution in [1.29, 1.82) is 0 Å². The molecule has 0 heterocycles. The summed E-state index contributed by atoms with van der Waals surface area (Å²) < 4.78 is 0. The van der Waals surface area contributed by atoms with E-state index in [0.29, 0.717) is 19.1 Å². The first-order valence-electron chi connectivity index (χ1n) is 5.17. The molecule has 0 rings (SSSR count). The van der Waals surface area contributed by atoms with Crippen LogP contribution < -0.4 is 11.1 Å². The molecule has 0 fully saturated rings. The summed E-state index contributed by atoms with van der Waals surface area (Å²) in [5, 5.41) is 2.86. The number of hydrogen-bond donors (Lipinski definition) is 2. The van der Waals surface area contributed by atoms with E-state index in [9.17, 15) is 4.79 Å². The molecule has 0 aromatic rings. The van der Waals surface area contributed by atoms with Gasteiger partial charge in [-0.3, -0.25) is 4.79 Å². The predicted octanol–water partition coefficient (Wildman–Crippen LogP) is 0.881. The number of halogens is 2. The van der Waals surface area contributed by atoms with Gasteiger partial charge >= 0.3 is 0 Å². The maximum atomic E-state index is 11.3. The summed E-state index contributed by atoms with van der Waals surface area (Å²) in [6.07, 6.45) is 0. The van der Waals surface area contributed by atoms with E-state index in [-0.39, 0.29) is 36.6 Å². The number of carbonyl (C=O) groups excluding carboxylic acids is 1. The van der Waals surface area contributed by atoms with Crippen LogP contribution in [0.15, 0.2) is 0 Å².